The van der Waals surface area contributed by atoms with Crippen molar-refractivity contribution in [2.45, 2.75) is 33.0 Å². The van der Waals surface area contributed by atoms with E-state index < -0.39 is 11.7 Å². The molecule has 3 N–H and O–H groups in total. The molecule has 0 saturated heterocycles. The third-order valence-corrected chi connectivity index (χ3v) is 2.97. The van der Waals surface area contributed by atoms with Crippen molar-refractivity contribution in [1.82, 2.24) is 0 Å². The van der Waals surface area contributed by atoms with Crippen LogP contribution in [-0.2, 0) is 6.18 Å². The number of alkyl halides is 3. The Morgan fingerprint density at radius 3 is 2.44 bits per heavy atom. The van der Waals surface area contributed by atoms with Crippen LogP contribution >= 0.6 is 0 Å². The van der Waals surface area contributed by atoms with E-state index in [1.807, 2.05) is 20.8 Å². The van der Waals surface area contributed by atoms with Crippen LogP contribution in [0.25, 0.3) is 0 Å². The minimum absolute atomic E-state index is 0.135. The fourth-order valence-corrected chi connectivity index (χ4v) is 1.88. The van der Waals surface area contributed by atoms with Gasteiger partial charge in [0.1, 0.15) is 0 Å². The van der Waals surface area contributed by atoms with Crippen LogP contribution in [-0.4, -0.2) is 6.54 Å². The third-order valence-electron chi connectivity index (χ3n) is 2.97. The van der Waals surface area contributed by atoms with Crippen LogP contribution in [0.15, 0.2) is 18.2 Å². The molecule has 5 heteroatoms. The molecule has 1 unspecified atom stereocenters. The predicted octanol–water partition coefficient (Wildman–Crippen LogP) is 3.79. The van der Waals surface area contributed by atoms with E-state index in [4.69, 9.17) is 5.73 Å². The molecule has 0 saturated carbocycles. The quantitative estimate of drug-likeness (QED) is 0.744. The van der Waals surface area contributed by atoms with Gasteiger partial charge < -0.3 is 11.1 Å². The van der Waals surface area contributed by atoms with Gasteiger partial charge in [0.05, 0.1) is 5.56 Å². The zero-order valence-electron chi connectivity index (χ0n) is 10.8. The Labute approximate surface area is 105 Å². The van der Waals surface area contributed by atoms with Gasteiger partial charge in [-0.15, -0.1) is 0 Å². The highest BCUT2D eigenvalue weighted by atomic mass is 19.4. The maximum absolute atomic E-state index is 12.5. The van der Waals surface area contributed by atoms with Crippen LogP contribution in [0.2, 0.25) is 0 Å². The molecule has 0 bridgehead atoms. The van der Waals surface area contributed by atoms with E-state index in [0.29, 0.717) is 17.8 Å². The van der Waals surface area contributed by atoms with Gasteiger partial charge in [-0.2, -0.15) is 13.2 Å². The SMILES string of the molecule is CC.C[C@@H]1CNc2ccc(C(F)(F)F)cc2C1N. The van der Waals surface area contributed by atoms with Crippen molar-refractivity contribution in [3.63, 3.8) is 0 Å². The molecule has 2 rings (SSSR count). The van der Waals surface area contributed by atoms with Gasteiger partial charge in [0.15, 0.2) is 0 Å². The maximum atomic E-state index is 12.5. The van der Waals surface area contributed by atoms with Gasteiger partial charge >= 0.3 is 6.18 Å². The summed E-state index contributed by atoms with van der Waals surface area (Å²) >= 11 is 0. The van der Waals surface area contributed by atoms with E-state index in [1.165, 1.54) is 6.07 Å². The summed E-state index contributed by atoms with van der Waals surface area (Å²) in [6.07, 6.45) is -4.31. The second-order valence-electron chi connectivity index (χ2n) is 4.18. The van der Waals surface area contributed by atoms with E-state index in [2.05, 4.69) is 5.32 Å². The molecule has 1 aromatic carbocycles. The van der Waals surface area contributed by atoms with Crippen molar-refractivity contribution in [3.8, 4) is 0 Å². The molecule has 1 aliphatic rings. The largest absolute Gasteiger partial charge is 0.416 e. The van der Waals surface area contributed by atoms with Crippen LogP contribution in [0, 0.1) is 5.92 Å². The number of benzene rings is 1. The van der Waals surface area contributed by atoms with Gasteiger partial charge in [-0.05, 0) is 29.7 Å². The third kappa shape index (κ3) is 2.96. The monoisotopic (exact) mass is 260 g/mol. The molecule has 0 radical (unpaired) electrons. The lowest BCUT2D eigenvalue weighted by Gasteiger charge is -2.30. The van der Waals surface area contributed by atoms with Crippen LogP contribution in [0.5, 0.6) is 0 Å². The van der Waals surface area contributed by atoms with Gasteiger partial charge in [0, 0.05) is 18.3 Å². The van der Waals surface area contributed by atoms with Crippen molar-refractivity contribution >= 4 is 5.69 Å². The molecular formula is C13H19F3N2. The lowest BCUT2D eigenvalue weighted by atomic mass is 9.89. The molecule has 1 aromatic rings. The van der Waals surface area contributed by atoms with E-state index in [-0.39, 0.29) is 12.0 Å². The predicted molar refractivity (Wildman–Crippen MR) is 67.4 cm³/mol. The van der Waals surface area contributed by atoms with Crippen molar-refractivity contribution in [2.24, 2.45) is 11.7 Å². The molecule has 2 atom stereocenters. The van der Waals surface area contributed by atoms with Gasteiger partial charge in [0.2, 0.25) is 0 Å². The molecule has 0 spiro atoms. The topological polar surface area (TPSA) is 38.0 Å². The summed E-state index contributed by atoms with van der Waals surface area (Å²) in [6, 6.07) is 3.33. The number of nitrogens with two attached hydrogens (primary N) is 1. The van der Waals surface area contributed by atoms with Gasteiger partial charge in [-0.1, -0.05) is 20.8 Å². The van der Waals surface area contributed by atoms with Crippen molar-refractivity contribution < 1.29 is 13.2 Å². The summed E-state index contributed by atoms with van der Waals surface area (Å²) in [5.74, 6) is 0.135. The lowest BCUT2D eigenvalue weighted by molar-refractivity contribution is -0.137. The normalized spacial score (nSPS) is 22.4. The van der Waals surface area contributed by atoms with Gasteiger partial charge in [0.25, 0.3) is 0 Å². The first-order chi connectivity index (χ1) is 8.39. The zero-order valence-corrected chi connectivity index (χ0v) is 10.8. The maximum Gasteiger partial charge on any atom is 0.416 e. The van der Waals surface area contributed by atoms with Crippen molar-refractivity contribution in [2.75, 3.05) is 11.9 Å². The Morgan fingerprint density at radius 2 is 1.89 bits per heavy atom. The number of hydrogen-bond donors (Lipinski definition) is 2. The Morgan fingerprint density at radius 1 is 1.28 bits per heavy atom. The van der Waals surface area contributed by atoms with Crippen LogP contribution < -0.4 is 11.1 Å². The van der Waals surface area contributed by atoms with Crippen LogP contribution in [0.4, 0.5) is 18.9 Å². The van der Waals surface area contributed by atoms with E-state index in [1.54, 1.807) is 0 Å². The van der Waals surface area contributed by atoms with Crippen molar-refractivity contribution in [3.05, 3.63) is 29.3 Å². The van der Waals surface area contributed by atoms with Crippen molar-refractivity contribution in [1.29, 1.82) is 0 Å². The summed E-state index contributed by atoms with van der Waals surface area (Å²) < 4.78 is 37.6. The van der Waals surface area contributed by atoms with E-state index >= 15 is 0 Å². The molecule has 102 valence electrons. The molecule has 1 heterocycles. The fourth-order valence-electron chi connectivity index (χ4n) is 1.88. The van der Waals surface area contributed by atoms with Crippen LogP contribution in [0.3, 0.4) is 0 Å². The second kappa shape index (κ2) is 5.61. The Kier molecular flexibility index (Phi) is 4.62. The second-order valence-corrected chi connectivity index (χ2v) is 4.18. The molecule has 0 aliphatic carbocycles. The highest BCUT2D eigenvalue weighted by Crippen LogP contribution is 2.37. The summed E-state index contributed by atoms with van der Waals surface area (Å²) in [5.41, 5.74) is 6.51. The standard InChI is InChI=1S/C11H13F3N2.C2H6/c1-6-5-16-9-3-2-7(11(12,13)14)4-8(9)10(6)15;1-2/h2-4,6,10,16H,5,15H2,1H3;1-2H3/t6-,10?;/m1./s1. The smallest absolute Gasteiger partial charge is 0.384 e. The number of anilines is 1. The number of hydrogen-bond acceptors (Lipinski definition) is 2. The minimum atomic E-state index is -4.31. The molecule has 0 fully saturated rings. The molecule has 2 nitrogen and oxygen atoms in total. The van der Waals surface area contributed by atoms with Gasteiger partial charge in [-0.25, -0.2) is 0 Å². The number of rotatable bonds is 0. The zero-order chi connectivity index (χ0) is 13.9. The minimum Gasteiger partial charge on any atom is -0.384 e. The average Bonchev–Trinajstić information content (AvgIpc) is 2.35. The highest BCUT2D eigenvalue weighted by molar-refractivity contribution is 5.56. The van der Waals surface area contributed by atoms with Crippen LogP contribution in [0.1, 0.15) is 37.9 Å². The first-order valence-electron chi connectivity index (χ1n) is 6.10. The summed E-state index contributed by atoms with van der Waals surface area (Å²) in [5, 5.41) is 3.07. The summed E-state index contributed by atoms with van der Waals surface area (Å²) in [7, 11) is 0. The number of halogens is 3. The first-order valence-corrected chi connectivity index (χ1v) is 6.10. The first kappa shape index (κ1) is 14.8. The van der Waals surface area contributed by atoms with Gasteiger partial charge in [-0.3, -0.25) is 0 Å². The van der Waals surface area contributed by atoms with E-state index in [0.717, 1.165) is 12.1 Å². The molecule has 0 aromatic heterocycles. The lowest BCUT2D eigenvalue weighted by Crippen LogP contribution is -2.31. The molecule has 18 heavy (non-hydrogen) atoms. The summed E-state index contributed by atoms with van der Waals surface area (Å²) in [6.45, 7) is 6.61. The number of nitrogens with one attached hydrogen (secondary N) is 1. The average molecular weight is 260 g/mol. The van der Waals surface area contributed by atoms with E-state index in [9.17, 15) is 13.2 Å². The summed E-state index contributed by atoms with van der Waals surface area (Å²) in [4.78, 5) is 0. The Balaban J connectivity index is 0.000000771. The Hall–Kier alpha value is -1.23. The number of fused-ring (bicyclic) bond motifs is 1. The molecule has 0 amide bonds. The fraction of sp³-hybridized carbons (Fsp3) is 0.538. The molecule has 1 aliphatic heterocycles. The Bertz CT molecular complexity index is 402. The molecular weight excluding hydrogens is 241 g/mol. The highest BCUT2D eigenvalue weighted by Gasteiger charge is 2.33.